The largest absolute Gasteiger partial charge is 0.464 e. The Kier molecular flexibility index (Phi) is 6.19. The number of thioether (sulfide) groups is 1. The molecule has 0 unspecified atom stereocenters. The smallest absolute Gasteiger partial charge is 0.328 e. The summed E-state index contributed by atoms with van der Waals surface area (Å²) in [6, 6.07) is 5.14. The van der Waals surface area contributed by atoms with Crippen LogP contribution in [0.2, 0.25) is 5.02 Å². The second kappa shape index (κ2) is 8.38. The number of likely N-dealkylation sites (tertiary alicyclic amines) is 1. The lowest BCUT2D eigenvalue weighted by atomic mass is 10.0. The summed E-state index contributed by atoms with van der Waals surface area (Å²) in [5.74, 6) is -0.0704. The highest BCUT2D eigenvalue weighted by atomic mass is 35.5. The van der Waals surface area contributed by atoms with Gasteiger partial charge in [0.1, 0.15) is 6.04 Å². The number of aromatic nitrogens is 1. The van der Waals surface area contributed by atoms with Gasteiger partial charge in [-0.05, 0) is 44.4 Å². The molecule has 1 saturated heterocycles. The van der Waals surface area contributed by atoms with Gasteiger partial charge in [0.15, 0.2) is 4.34 Å². The van der Waals surface area contributed by atoms with Crippen molar-refractivity contribution in [3.8, 4) is 0 Å². The van der Waals surface area contributed by atoms with Gasteiger partial charge in [-0.25, -0.2) is 9.78 Å². The predicted molar refractivity (Wildman–Crippen MR) is 101 cm³/mol. The lowest BCUT2D eigenvalue weighted by Crippen LogP contribution is -2.49. The third kappa shape index (κ3) is 4.46. The summed E-state index contributed by atoms with van der Waals surface area (Å²) >= 11 is 8.92. The van der Waals surface area contributed by atoms with Gasteiger partial charge in [0.2, 0.25) is 5.91 Å². The molecule has 1 aromatic carbocycles. The summed E-state index contributed by atoms with van der Waals surface area (Å²) in [6.07, 6.45) is 2.54. The van der Waals surface area contributed by atoms with Crippen LogP contribution in [0.1, 0.15) is 26.2 Å². The van der Waals surface area contributed by atoms with Gasteiger partial charge in [-0.2, -0.15) is 0 Å². The van der Waals surface area contributed by atoms with E-state index in [-0.39, 0.29) is 17.6 Å². The molecule has 1 aliphatic heterocycles. The molecule has 2 heterocycles. The summed E-state index contributed by atoms with van der Waals surface area (Å²) in [6.45, 7) is 2.72. The first kappa shape index (κ1) is 18.5. The summed E-state index contributed by atoms with van der Waals surface area (Å²) in [4.78, 5) is 30.9. The van der Waals surface area contributed by atoms with E-state index in [2.05, 4.69) is 4.98 Å². The number of nitrogens with zero attached hydrogens (tertiary/aromatic N) is 2. The number of piperidine rings is 1. The molecule has 1 amide bonds. The Morgan fingerprint density at radius 1 is 1.44 bits per heavy atom. The average molecular weight is 399 g/mol. The number of benzene rings is 1. The standard InChI is InChI=1S/C17H19ClN2O3S2/c1-2-23-16(22)13-5-3-4-8-20(13)15(21)10-24-17-19-12-9-11(18)6-7-14(12)25-17/h6-7,9,13H,2-5,8,10H2,1H3/t13-/m1/s1. The lowest BCUT2D eigenvalue weighted by Gasteiger charge is -2.33. The van der Waals surface area contributed by atoms with Crippen LogP contribution in [0, 0.1) is 0 Å². The van der Waals surface area contributed by atoms with Crippen molar-refractivity contribution in [3.05, 3.63) is 23.2 Å². The number of rotatable bonds is 5. The first-order chi connectivity index (χ1) is 12.1. The number of thiazole rings is 1. The molecule has 8 heteroatoms. The Balaban J connectivity index is 1.64. The van der Waals surface area contributed by atoms with E-state index in [0.717, 1.165) is 27.4 Å². The van der Waals surface area contributed by atoms with Crippen LogP contribution < -0.4 is 0 Å². The number of esters is 1. The van der Waals surface area contributed by atoms with Crippen molar-refractivity contribution >= 4 is 56.8 Å². The number of hydrogen-bond donors (Lipinski definition) is 0. The molecule has 2 aromatic rings. The lowest BCUT2D eigenvalue weighted by molar-refractivity contribution is -0.155. The summed E-state index contributed by atoms with van der Waals surface area (Å²) in [7, 11) is 0. The van der Waals surface area contributed by atoms with Crippen LogP contribution in [0.4, 0.5) is 0 Å². The molecular formula is C17H19ClN2O3S2. The highest BCUT2D eigenvalue weighted by Gasteiger charge is 2.33. The van der Waals surface area contributed by atoms with Gasteiger partial charge < -0.3 is 9.64 Å². The molecule has 1 fully saturated rings. The van der Waals surface area contributed by atoms with Crippen LogP contribution in [0.3, 0.4) is 0 Å². The van der Waals surface area contributed by atoms with Gasteiger partial charge in [0, 0.05) is 11.6 Å². The number of ether oxygens (including phenoxy) is 1. The fourth-order valence-electron chi connectivity index (χ4n) is 2.86. The van der Waals surface area contributed by atoms with Crippen molar-refractivity contribution in [2.24, 2.45) is 0 Å². The Bertz CT molecular complexity index is 780. The monoisotopic (exact) mass is 398 g/mol. The van der Waals surface area contributed by atoms with E-state index in [1.165, 1.54) is 11.8 Å². The molecule has 25 heavy (non-hydrogen) atoms. The minimum atomic E-state index is -0.448. The average Bonchev–Trinajstić information content (AvgIpc) is 3.02. The molecule has 1 aliphatic rings. The quantitative estimate of drug-likeness (QED) is 0.563. The molecule has 0 bridgehead atoms. The molecule has 134 valence electrons. The molecule has 0 aliphatic carbocycles. The topological polar surface area (TPSA) is 59.5 Å². The second-order valence-electron chi connectivity index (χ2n) is 5.73. The fourth-order valence-corrected chi connectivity index (χ4v) is 4.96. The SMILES string of the molecule is CCOC(=O)[C@H]1CCCCN1C(=O)CSc1nc2cc(Cl)ccc2s1. The summed E-state index contributed by atoms with van der Waals surface area (Å²) in [5.41, 5.74) is 0.842. The maximum Gasteiger partial charge on any atom is 0.328 e. The van der Waals surface area contributed by atoms with E-state index in [1.54, 1.807) is 23.2 Å². The van der Waals surface area contributed by atoms with Crippen molar-refractivity contribution in [2.45, 2.75) is 36.6 Å². The first-order valence-electron chi connectivity index (χ1n) is 8.23. The normalized spacial score (nSPS) is 17.7. The van der Waals surface area contributed by atoms with Gasteiger partial charge in [-0.3, -0.25) is 4.79 Å². The van der Waals surface area contributed by atoms with Gasteiger partial charge in [-0.1, -0.05) is 23.4 Å². The molecule has 0 N–H and O–H groups in total. The Morgan fingerprint density at radius 3 is 3.08 bits per heavy atom. The number of halogens is 1. The first-order valence-corrected chi connectivity index (χ1v) is 10.4. The molecule has 0 spiro atoms. The van der Waals surface area contributed by atoms with E-state index in [4.69, 9.17) is 16.3 Å². The zero-order valence-electron chi connectivity index (χ0n) is 13.9. The Labute approximate surface area is 159 Å². The summed E-state index contributed by atoms with van der Waals surface area (Å²) < 4.78 is 6.99. The van der Waals surface area contributed by atoms with Crippen LogP contribution >= 0.6 is 34.7 Å². The molecule has 0 saturated carbocycles. The van der Waals surface area contributed by atoms with Gasteiger partial charge in [0.25, 0.3) is 0 Å². The maximum atomic E-state index is 12.6. The molecule has 0 radical (unpaired) electrons. The van der Waals surface area contributed by atoms with Gasteiger partial charge in [0.05, 0.1) is 22.6 Å². The Hall–Kier alpha value is -1.31. The molecule has 3 rings (SSSR count). The van der Waals surface area contributed by atoms with E-state index in [9.17, 15) is 9.59 Å². The Morgan fingerprint density at radius 2 is 2.28 bits per heavy atom. The summed E-state index contributed by atoms with van der Waals surface area (Å²) in [5, 5.41) is 0.649. The molecular weight excluding hydrogens is 380 g/mol. The maximum absolute atomic E-state index is 12.6. The van der Waals surface area contributed by atoms with Gasteiger partial charge in [-0.15, -0.1) is 11.3 Å². The minimum Gasteiger partial charge on any atom is -0.464 e. The van der Waals surface area contributed by atoms with Crippen LogP contribution in [0.5, 0.6) is 0 Å². The number of hydrogen-bond acceptors (Lipinski definition) is 6. The van der Waals surface area contributed by atoms with E-state index in [0.29, 0.717) is 24.6 Å². The molecule has 1 aromatic heterocycles. The molecule has 5 nitrogen and oxygen atoms in total. The minimum absolute atomic E-state index is 0.0416. The number of fused-ring (bicyclic) bond motifs is 1. The highest BCUT2D eigenvalue weighted by molar-refractivity contribution is 8.01. The van der Waals surface area contributed by atoms with Crippen molar-refractivity contribution < 1.29 is 14.3 Å². The number of carbonyl (C=O) groups excluding carboxylic acids is 2. The van der Waals surface area contributed by atoms with Gasteiger partial charge >= 0.3 is 5.97 Å². The van der Waals surface area contributed by atoms with Crippen LogP contribution in [-0.4, -0.2) is 46.7 Å². The predicted octanol–water partition coefficient (Wildman–Crippen LogP) is 3.99. The zero-order chi connectivity index (χ0) is 17.8. The van der Waals surface area contributed by atoms with Crippen molar-refractivity contribution in [3.63, 3.8) is 0 Å². The van der Waals surface area contributed by atoms with E-state index >= 15 is 0 Å². The van der Waals surface area contributed by atoms with Crippen LogP contribution in [-0.2, 0) is 14.3 Å². The van der Waals surface area contributed by atoms with E-state index < -0.39 is 6.04 Å². The van der Waals surface area contributed by atoms with E-state index in [1.807, 2.05) is 18.2 Å². The second-order valence-corrected chi connectivity index (χ2v) is 8.42. The third-order valence-corrected chi connectivity index (χ3v) is 6.43. The van der Waals surface area contributed by atoms with Crippen molar-refractivity contribution in [2.75, 3.05) is 18.9 Å². The van der Waals surface area contributed by atoms with Crippen LogP contribution in [0.25, 0.3) is 10.2 Å². The highest BCUT2D eigenvalue weighted by Crippen LogP contribution is 2.31. The zero-order valence-corrected chi connectivity index (χ0v) is 16.3. The van der Waals surface area contributed by atoms with Crippen LogP contribution in [0.15, 0.2) is 22.5 Å². The van der Waals surface area contributed by atoms with Crippen molar-refractivity contribution in [1.82, 2.24) is 9.88 Å². The van der Waals surface area contributed by atoms with Crippen molar-refractivity contribution in [1.29, 1.82) is 0 Å². The molecule has 1 atom stereocenters. The fraction of sp³-hybridized carbons (Fsp3) is 0.471. The third-order valence-electron chi connectivity index (χ3n) is 4.03. The number of amides is 1. The number of carbonyl (C=O) groups is 2.